The van der Waals surface area contributed by atoms with Crippen LogP contribution in [0.4, 0.5) is 0 Å². The molecule has 19 nitrogen and oxygen atoms in total. The van der Waals surface area contributed by atoms with Crippen LogP contribution >= 0.6 is 23.5 Å². The molecule has 0 radical (unpaired) electrons. The Balaban J connectivity index is 1.25. The SMILES string of the molecule is CCN1CCN(N(C=O)C(C(=O)N[C@]2(NC=O)C(=O)N3C(C(=O)OC(c4ccccc4)c4ccccc4)=C(CSc4nnc(O)c(=O)n4C)CS[C@H]32)c2ccccc2)C(=O)C1=O. The van der Waals surface area contributed by atoms with E-state index in [0.717, 1.165) is 43.0 Å². The van der Waals surface area contributed by atoms with Gasteiger partial charge in [-0.05, 0) is 29.2 Å². The molecule has 6 amide bonds. The fourth-order valence-corrected chi connectivity index (χ4v) is 9.80. The van der Waals surface area contributed by atoms with E-state index in [2.05, 4.69) is 20.8 Å². The fourth-order valence-electron chi connectivity index (χ4n) is 7.32. The number of rotatable bonds is 16. The monoisotopic (exact) mass is 881 g/mol. The van der Waals surface area contributed by atoms with Gasteiger partial charge in [0.25, 0.3) is 17.7 Å². The van der Waals surface area contributed by atoms with Gasteiger partial charge in [0.2, 0.25) is 18.5 Å². The average Bonchev–Trinajstić information content (AvgIpc) is 3.30. The van der Waals surface area contributed by atoms with Crippen molar-refractivity contribution < 1.29 is 43.4 Å². The molecular formula is C41H39N9O10S2. The van der Waals surface area contributed by atoms with Crippen LogP contribution in [0.15, 0.2) is 112 Å². The lowest BCUT2D eigenvalue weighted by atomic mass is 9.93. The van der Waals surface area contributed by atoms with Crippen molar-refractivity contribution in [2.45, 2.75) is 35.3 Å². The lowest BCUT2D eigenvalue weighted by Crippen LogP contribution is -2.85. The number of hydrazine groups is 1. The highest BCUT2D eigenvalue weighted by Crippen LogP contribution is 2.47. The third-order valence-electron chi connectivity index (χ3n) is 10.5. The number of amides is 6. The van der Waals surface area contributed by atoms with Crippen LogP contribution < -0.4 is 16.2 Å². The normalized spacial score (nSPS) is 19.0. The Morgan fingerprint density at radius 2 is 1.55 bits per heavy atom. The maximum Gasteiger partial charge on any atom is 0.356 e. The predicted molar refractivity (Wildman–Crippen MR) is 222 cm³/mol. The number of β-lactam (4-membered cyclic amide) rings is 1. The smallest absolute Gasteiger partial charge is 0.356 e. The van der Waals surface area contributed by atoms with E-state index < -0.39 is 64.2 Å². The Labute approximate surface area is 362 Å². The summed E-state index contributed by atoms with van der Waals surface area (Å²) in [4.78, 5) is 110. The molecule has 1 aromatic heterocycles. The van der Waals surface area contributed by atoms with Crippen LogP contribution in [0.5, 0.6) is 5.88 Å². The second-order valence-electron chi connectivity index (χ2n) is 14.0. The van der Waals surface area contributed by atoms with Gasteiger partial charge < -0.3 is 25.4 Å². The molecule has 1 unspecified atom stereocenters. The van der Waals surface area contributed by atoms with Crippen LogP contribution in [0.3, 0.4) is 0 Å². The summed E-state index contributed by atoms with van der Waals surface area (Å²) in [5.41, 5.74) is -1.36. The molecule has 320 valence electrons. The van der Waals surface area contributed by atoms with E-state index in [9.17, 15) is 43.5 Å². The van der Waals surface area contributed by atoms with Gasteiger partial charge in [-0.3, -0.25) is 43.0 Å². The number of nitrogens with zero attached hydrogens (tertiary/aromatic N) is 7. The zero-order valence-corrected chi connectivity index (χ0v) is 34.8. The maximum atomic E-state index is 14.7. The number of carbonyl (C=O) groups is 7. The minimum Gasteiger partial charge on any atom is -0.488 e. The molecule has 0 aliphatic carbocycles. The molecule has 0 spiro atoms. The van der Waals surface area contributed by atoms with Gasteiger partial charge in [-0.25, -0.2) is 14.8 Å². The van der Waals surface area contributed by atoms with Crippen molar-refractivity contribution >= 4 is 65.9 Å². The van der Waals surface area contributed by atoms with E-state index in [-0.39, 0.29) is 60.4 Å². The van der Waals surface area contributed by atoms with Crippen LogP contribution in [0.25, 0.3) is 0 Å². The summed E-state index contributed by atoms with van der Waals surface area (Å²) in [6, 6.07) is 24.1. The zero-order chi connectivity index (χ0) is 44.1. The van der Waals surface area contributed by atoms with E-state index in [1.807, 2.05) is 0 Å². The molecule has 3 aliphatic rings. The predicted octanol–water partition coefficient (Wildman–Crippen LogP) is 0.839. The highest BCUT2D eigenvalue weighted by molar-refractivity contribution is 8.01. The fraction of sp³-hybridized carbons (Fsp3) is 0.268. The van der Waals surface area contributed by atoms with E-state index in [1.165, 1.54) is 24.1 Å². The zero-order valence-electron chi connectivity index (χ0n) is 33.2. The van der Waals surface area contributed by atoms with Crippen LogP contribution in [0, 0.1) is 0 Å². The molecule has 0 bridgehead atoms. The van der Waals surface area contributed by atoms with Gasteiger partial charge in [-0.15, -0.1) is 22.0 Å². The summed E-state index contributed by atoms with van der Waals surface area (Å²) in [6.07, 6.45) is -0.486. The molecule has 3 aromatic carbocycles. The summed E-state index contributed by atoms with van der Waals surface area (Å²) < 4.78 is 7.32. The summed E-state index contributed by atoms with van der Waals surface area (Å²) in [5, 5.41) is 22.9. The Kier molecular flexibility index (Phi) is 12.7. The minimum atomic E-state index is -2.19. The van der Waals surface area contributed by atoms with E-state index in [1.54, 1.807) is 85.8 Å². The average molecular weight is 882 g/mol. The van der Waals surface area contributed by atoms with Gasteiger partial charge in [-0.1, -0.05) is 103 Å². The first-order valence-electron chi connectivity index (χ1n) is 19.1. The third-order valence-corrected chi connectivity index (χ3v) is 13.0. The number of aromatic nitrogens is 3. The summed E-state index contributed by atoms with van der Waals surface area (Å²) in [7, 11) is 1.38. The molecule has 4 aromatic rings. The van der Waals surface area contributed by atoms with Crippen LogP contribution in [-0.4, -0.2) is 124 Å². The van der Waals surface area contributed by atoms with Crippen molar-refractivity contribution in [1.29, 1.82) is 0 Å². The number of esters is 1. The van der Waals surface area contributed by atoms with Gasteiger partial charge in [0.05, 0.1) is 6.54 Å². The molecule has 0 saturated carbocycles. The summed E-state index contributed by atoms with van der Waals surface area (Å²) in [5.74, 6) is -5.57. The van der Waals surface area contributed by atoms with Crippen molar-refractivity contribution in [2.75, 3.05) is 31.1 Å². The number of aromatic hydroxyl groups is 1. The topological polar surface area (TPSA) is 234 Å². The lowest BCUT2D eigenvalue weighted by Gasteiger charge is -2.57. The first-order chi connectivity index (χ1) is 29.9. The Morgan fingerprint density at radius 1 is 0.935 bits per heavy atom. The molecule has 2 saturated heterocycles. The molecule has 62 heavy (non-hydrogen) atoms. The Morgan fingerprint density at radius 3 is 2.13 bits per heavy atom. The quantitative estimate of drug-likeness (QED) is 0.0354. The number of thioether (sulfide) groups is 2. The highest BCUT2D eigenvalue weighted by Gasteiger charge is 2.66. The molecule has 3 N–H and O–H groups in total. The number of hydrogen-bond acceptors (Lipinski definition) is 14. The molecule has 4 heterocycles. The number of carbonyl (C=O) groups excluding carboxylic acids is 7. The number of ether oxygens (including phenoxy) is 1. The van der Waals surface area contributed by atoms with Gasteiger partial charge in [0, 0.05) is 31.6 Å². The molecule has 21 heteroatoms. The summed E-state index contributed by atoms with van der Waals surface area (Å²) in [6.45, 7) is 1.90. The van der Waals surface area contributed by atoms with Crippen molar-refractivity contribution in [3.63, 3.8) is 0 Å². The number of hydrogen-bond donors (Lipinski definition) is 3. The van der Waals surface area contributed by atoms with E-state index in [4.69, 9.17) is 4.74 Å². The second kappa shape index (κ2) is 18.3. The molecule has 2 fully saturated rings. The first kappa shape index (κ1) is 43.1. The van der Waals surface area contributed by atoms with Gasteiger partial charge in [-0.2, -0.15) is 0 Å². The summed E-state index contributed by atoms with van der Waals surface area (Å²) >= 11 is 2.10. The van der Waals surface area contributed by atoms with Crippen molar-refractivity contribution in [3.8, 4) is 5.88 Å². The maximum absolute atomic E-state index is 14.7. The minimum absolute atomic E-state index is 0.0229. The van der Waals surface area contributed by atoms with Crippen LogP contribution in [0.1, 0.15) is 35.8 Å². The van der Waals surface area contributed by atoms with Crippen LogP contribution in [0.2, 0.25) is 0 Å². The Bertz CT molecular complexity index is 2460. The van der Waals surface area contributed by atoms with Crippen LogP contribution in [-0.2, 0) is 45.3 Å². The molecular weight excluding hydrogens is 843 g/mol. The number of nitrogens with one attached hydrogen (secondary N) is 2. The number of benzene rings is 3. The largest absolute Gasteiger partial charge is 0.488 e. The van der Waals surface area contributed by atoms with E-state index >= 15 is 0 Å². The highest BCUT2D eigenvalue weighted by atomic mass is 32.2. The van der Waals surface area contributed by atoms with Gasteiger partial charge in [0.15, 0.2) is 17.3 Å². The third kappa shape index (κ3) is 7.98. The second-order valence-corrected chi connectivity index (χ2v) is 16.0. The lowest BCUT2D eigenvalue weighted by molar-refractivity contribution is -0.178. The Hall–Kier alpha value is -7.00. The number of likely N-dealkylation sites (N-methyl/N-ethyl adjacent to an activating group) is 1. The van der Waals surface area contributed by atoms with Crippen molar-refractivity contribution in [3.05, 3.63) is 129 Å². The van der Waals surface area contributed by atoms with Crippen molar-refractivity contribution in [2.24, 2.45) is 7.05 Å². The standard InChI is InChI=1S/C41H39N9O10S2/c1-3-47-19-20-48(36(57)35(47)56)49(24-52)29(25-13-7-4-8-14-25)32(53)43-41(42-23-51)38(59)50-30(28(21-61-39(41)50)22-62-40-45-44-33(54)34(55)46(40)2)37(58)60-31(26-15-9-5-10-16-26)27-17-11-6-12-18-27/h4-18,23-24,29,31,39H,3,19-22H2,1-2H3,(H,42,51)(H,43,53)(H,44,54)/t29?,39-,41+/m0/s1. The number of piperazine rings is 1. The van der Waals surface area contributed by atoms with Crippen molar-refractivity contribution in [1.82, 2.24) is 45.2 Å². The molecule has 3 atom stereocenters. The number of fused-ring (bicyclic) bond motifs is 1. The molecule has 3 aliphatic heterocycles. The molecule has 7 rings (SSSR count). The van der Waals surface area contributed by atoms with E-state index in [0.29, 0.717) is 16.7 Å². The van der Waals surface area contributed by atoms with Gasteiger partial charge >= 0.3 is 23.3 Å². The first-order valence-corrected chi connectivity index (χ1v) is 21.1. The van der Waals surface area contributed by atoms with Gasteiger partial charge in [0.1, 0.15) is 11.1 Å².